The van der Waals surface area contributed by atoms with Gasteiger partial charge in [0, 0.05) is 25.2 Å². The maximum absolute atomic E-state index is 5.91. The van der Waals surface area contributed by atoms with Crippen LogP contribution in [-0.2, 0) is 13.1 Å². The monoisotopic (exact) mass is 464 g/mol. The second-order valence-corrected chi connectivity index (χ2v) is 6.04. The van der Waals surface area contributed by atoms with E-state index in [0.29, 0.717) is 13.1 Å². The molecule has 1 aromatic carbocycles. The van der Waals surface area contributed by atoms with Gasteiger partial charge < -0.3 is 14.6 Å². The summed E-state index contributed by atoms with van der Waals surface area (Å²) in [7, 11) is 2.01. The number of nitrogens with zero attached hydrogens (tertiary/aromatic N) is 3. The molecule has 0 atom stereocenters. The summed E-state index contributed by atoms with van der Waals surface area (Å²) in [5.74, 6) is 1.76. The second-order valence-electron chi connectivity index (χ2n) is 6.04. The molecule has 0 aliphatic rings. The van der Waals surface area contributed by atoms with Crippen molar-refractivity contribution in [3.63, 3.8) is 0 Å². The Morgan fingerprint density at radius 2 is 2.04 bits per heavy atom. The molecule has 0 spiro atoms. The van der Waals surface area contributed by atoms with Crippen molar-refractivity contribution in [1.29, 1.82) is 0 Å². The van der Waals surface area contributed by atoms with E-state index in [1.807, 2.05) is 37.5 Å². The molecule has 0 aliphatic carbocycles. The van der Waals surface area contributed by atoms with E-state index < -0.39 is 0 Å². The van der Waals surface area contributed by atoms with Gasteiger partial charge in [0.15, 0.2) is 5.96 Å². The molecule has 6 heteroatoms. The van der Waals surface area contributed by atoms with Gasteiger partial charge in [0.2, 0.25) is 0 Å². The minimum absolute atomic E-state index is 0. The van der Waals surface area contributed by atoms with Crippen LogP contribution in [0, 0.1) is 6.92 Å². The summed E-state index contributed by atoms with van der Waals surface area (Å²) in [4.78, 5) is 11.2. The lowest BCUT2D eigenvalue weighted by molar-refractivity contribution is 0.412. The number of benzene rings is 1. The van der Waals surface area contributed by atoms with Gasteiger partial charge >= 0.3 is 0 Å². The van der Waals surface area contributed by atoms with E-state index in [4.69, 9.17) is 9.41 Å². The number of rotatable bonds is 5. The van der Waals surface area contributed by atoms with E-state index in [1.54, 1.807) is 0 Å². The van der Waals surface area contributed by atoms with E-state index in [-0.39, 0.29) is 24.0 Å². The first-order valence-electron chi connectivity index (χ1n) is 8.54. The summed E-state index contributed by atoms with van der Waals surface area (Å²) in [6.07, 6.45) is 1.81. The number of aromatic nitrogens is 1. The highest BCUT2D eigenvalue weighted by atomic mass is 127. The summed E-state index contributed by atoms with van der Waals surface area (Å²) in [5, 5.41) is 4.45. The predicted octanol–water partition coefficient (Wildman–Crippen LogP) is 4.35. The van der Waals surface area contributed by atoms with Crippen LogP contribution < -0.4 is 5.32 Å². The number of para-hydroxylation sites is 1. The molecule has 3 rings (SSSR count). The predicted molar refractivity (Wildman–Crippen MR) is 117 cm³/mol. The maximum atomic E-state index is 5.91. The number of fused-ring (bicyclic) bond motifs is 1. The van der Waals surface area contributed by atoms with Gasteiger partial charge in [-0.3, -0.25) is 4.98 Å². The smallest absolute Gasteiger partial charge is 0.194 e. The standard InChI is InChI=1S/C20H24N4O.HI/c1-4-21-20(23-13-18-15(2)8-7-11-22-18)24(3)14-17-12-16-9-5-6-10-19(16)25-17;/h5-12H,4,13-14H2,1-3H3,(H,21,23);1H. The topological polar surface area (TPSA) is 53.7 Å². The molecule has 2 heterocycles. The molecule has 0 amide bonds. The van der Waals surface area contributed by atoms with Gasteiger partial charge in [-0.15, -0.1) is 24.0 Å². The lowest BCUT2D eigenvalue weighted by atomic mass is 10.2. The molecule has 5 nitrogen and oxygen atoms in total. The lowest BCUT2D eigenvalue weighted by Crippen LogP contribution is -2.38. The summed E-state index contributed by atoms with van der Waals surface area (Å²) >= 11 is 0. The number of pyridine rings is 1. The highest BCUT2D eigenvalue weighted by Crippen LogP contribution is 2.19. The molecule has 0 saturated heterocycles. The zero-order valence-electron chi connectivity index (χ0n) is 15.4. The van der Waals surface area contributed by atoms with Gasteiger partial charge in [0.05, 0.1) is 18.8 Å². The Balaban J connectivity index is 0.00000243. The molecule has 0 fully saturated rings. The highest BCUT2D eigenvalue weighted by molar-refractivity contribution is 14.0. The van der Waals surface area contributed by atoms with Crippen molar-refractivity contribution in [2.24, 2.45) is 4.99 Å². The molecular formula is C20H25IN4O. The number of hydrogen-bond acceptors (Lipinski definition) is 3. The molecular weight excluding hydrogens is 439 g/mol. The molecule has 0 radical (unpaired) electrons. The van der Waals surface area contributed by atoms with Crippen LogP contribution in [0.2, 0.25) is 0 Å². The lowest BCUT2D eigenvalue weighted by Gasteiger charge is -2.21. The zero-order chi connectivity index (χ0) is 17.6. The molecule has 0 aliphatic heterocycles. The average molecular weight is 464 g/mol. The van der Waals surface area contributed by atoms with Crippen molar-refractivity contribution in [3.8, 4) is 0 Å². The largest absolute Gasteiger partial charge is 0.459 e. The minimum atomic E-state index is 0. The molecule has 2 aromatic heterocycles. The van der Waals surface area contributed by atoms with Crippen LogP contribution in [0.3, 0.4) is 0 Å². The van der Waals surface area contributed by atoms with Crippen molar-refractivity contribution in [2.75, 3.05) is 13.6 Å². The third-order valence-electron chi connectivity index (χ3n) is 4.06. The van der Waals surface area contributed by atoms with Gasteiger partial charge in [-0.2, -0.15) is 0 Å². The molecule has 138 valence electrons. The molecule has 1 N–H and O–H groups in total. The van der Waals surface area contributed by atoms with E-state index >= 15 is 0 Å². The van der Waals surface area contributed by atoms with Crippen LogP contribution >= 0.6 is 24.0 Å². The Morgan fingerprint density at radius 3 is 2.77 bits per heavy atom. The Bertz CT molecular complexity index is 842. The normalized spacial score (nSPS) is 11.3. The summed E-state index contributed by atoms with van der Waals surface area (Å²) in [6.45, 7) is 6.14. The number of hydrogen-bond donors (Lipinski definition) is 1. The van der Waals surface area contributed by atoms with Gasteiger partial charge in [-0.25, -0.2) is 4.99 Å². The fraction of sp³-hybridized carbons (Fsp3) is 0.300. The summed E-state index contributed by atoms with van der Waals surface area (Å²) in [6, 6.07) is 14.1. The maximum Gasteiger partial charge on any atom is 0.194 e. The van der Waals surface area contributed by atoms with E-state index in [1.165, 1.54) is 0 Å². The number of halogens is 1. The van der Waals surface area contributed by atoms with Gasteiger partial charge in [-0.05, 0) is 37.6 Å². The first kappa shape index (κ1) is 20.2. The Hall–Kier alpha value is -2.09. The molecule has 3 aromatic rings. The summed E-state index contributed by atoms with van der Waals surface area (Å²) < 4.78 is 5.91. The van der Waals surface area contributed by atoms with Crippen LogP contribution in [0.1, 0.15) is 23.9 Å². The number of guanidine groups is 1. The molecule has 0 bridgehead atoms. The number of furan rings is 1. The quantitative estimate of drug-likeness (QED) is 0.347. The van der Waals surface area contributed by atoms with Crippen LogP contribution in [-0.4, -0.2) is 29.4 Å². The molecule has 0 unspecified atom stereocenters. The molecule has 26 heavy (non-hydrogen) atoms. The van der Waals surface area contributed by atoms with E-state index in [0.717, 1.165) is 40.5 Å². The Labute approximate surface area is 171 Å². The van der Waals surface area contributed by atoms with Gasteiger partial charge in [-0.1, -0.05) is 24.3 Å². The van der Waals surface area contributed by atoms with Gasteiger partial charge in [0.25, 0.3) is 0 Å². The Morgan fingerprint density at radius 1 is 1.23 bits per heavy atom. The second kappa shape index (κ2) is 9.56. The SMILES string of the molecule is CCNC(=NCc1ncccc1C)N(C)Cc1cc2ccccc2o1.I. The Kier molecular flexibility index (Phi) is 7.44. The van der Waals surface area contributed by atoms with Gasteiger partial charge in [0.1, 0.15) is 11.3 Å². The van der Waals surface area contributed by atoms with E-state index in [2.05, 4.69) is 47.2 Å². The van der Waals surface area contributed by atoms with Crippen molar-refractivity contribution in [3.05, 3.63) is 65.7 Å². The van der Waals surface area contributed by atoms with Crippen molar-refractivity contribution in [2.45, 2.75) is 26.9 Å². The number of nitrogens with one attached hydrogen (secondary N) is 1. The van der Waals surface area contributed by atoms with Crippen LogP contribution in [0.4, 0.5) is 0 Å². The fourth-order valence-corrected chi connectivity index (χ4v) is 2.73. The van der Waals surface area contributed by atoms with Crippen LogP contribution in [0.25, 0.3) is 11.0 Å². The molecule has 0 saturated carbocycles. The average Bonchev–Trinajstić information content (AvgIpc) is 3.02. The van der Waals surface area contributed by atoms with E-state index in [9.17, 15) is 0 Å². The van der Waals surface area contributed by atoms with Crippen LogP contribution in [0.15, 0.2) is 58.1 Å². The minimum Gasteiger partial charge on any atom is -0.459 e. The fourth-order valence-electron chi connectivity index (χ4n) is 2.73. The van der Waals surface area contributed by atoms with Crippen LogP contribution in [0.5, 0.6) is 0 Å². The number of aliphatic imine (C=N–C) groups is 1. The first-order chi connectivity index (χ1) is 12.2. The van der Waals surface area contributed by atoms with Crippen molar-refractivity contribution >= 4 is 40.9 Å². The number of aryl methyl sites for hydroxylation is 1. The highest BCUT2D eigenvalue weighted by Gasteiger charge is 2.10. The zero-order valence-corrected chi connectivity index (χ0v) is 17.7. The third kappa shape index (κ3) is 4.97. The van der Waals surface area contributed by atoms with Crippen molar-refractivity contribution in [1.82, 2.24) is 15.2 Å². The van der Waals surface area contributed by atoms with Crippen molar-refractivity contribution < 1.29 is 4.42 Å². The first-order valence-corrected chi connectivity index (χ1v) is 8.54. The summed E-state index contributed by atoms with van der Waals surface area (Å²) in [5.41, 5.74) is 3.06. The third-order valence-corrected chi connectivity index (χ3v) is 4.06.